The molecule has 0 aromatic heterocycles. The van der Waals surface area contributed by atoms with Crippen molar-refractivity contribution in [2.45, 2.75) is 31.3 Å². The molecule has 1 aliphatic rings. The van der Waals surface area contributed by atoms with E-state index in [1.54, 1.807) is 20.8 Å². The summed E-state index contributed by atoms with van der Waals surface area (Å²) >= 11 is 0. The smallest absolute Gasteiger partial charge is 0.410 e. The first-order chi connectivity index (χ1) is 11.5. The van der Waals surface area contributed by atoms with Gasteiger partial charge in [0.2, 0.25) is 10.0 Å². The summed E-state index contributed by atoms with van der Waals surface area (Å²) in [5.41, 5.74) is -0.703. The zero-order chi connectivity index (χ0) is 18.8. The van der Waals surface area contributed by atoms with Gasteiger partial charge in [-0.2, -0.15) is 4.31 Å². The summed E-state index contributed by atoms with van der Waals surface area (Å²) in [6.45, 7) is 5.97. The number of rotatable bonds is 3. The van der Waals surface area contributed by atoms with Crippen molar-refractivity contribution in [1.29, 1.82) is 0 Å². The van der Waals surface area contributed by atoms with Gasteiger partial charge < -0.3 is 14.7 Å². The Morgan fingerprint density at radius 3 is 2.24 bits per heavy atom. The van der Waals surface area contributed by atoms with Crippen molar-refractivity contribution < 1.29 is 27.9 Å². The number of hydrogen-bond donors (Lipinski definition) is 1. The number of ether oxygens (including phenoxy) is 1. The van der Waals surface area contributed by atoms with Crippen LogP contribution in [0.2, 0.25) is 0 Å². The van der Waals surface area contributed by atoms with Gasteiger partial charge in [0.25, 0.3) is 0 Å². The van der Waals surface area contributed by atoms with Crippen LogP contribution in [0.5, 0.6) is 0 Å². The number of sulfonamides is 1. The molecule has 1 heterocycles. The minimum Gasteiger partial charge on any atom is -0.478 e. The van der Waals surface area contributed by atoms with Crippen LogP contribution in [-0.4, -0.2) is 66.6 Å². The van der Waals surface area contributed by atoms with Crippen LogP contribution in [-0.2, 0) is 14.8 Å². The Morgan fingerprint density at radius 1 is 1.12 bits per heavy atom. The first-order valence-corrected chi connectivity index (χ1v) is 9.26. The van der Waals surface area contributed by atoms with Gasteiger partial charge in [-0.3, -0.25) is 0 Å². The summed E-state index contributed by atoms with van der Waals surface area (Å²) in [6.07, 6.45) is -0.475. The molecule has 0 bridgehead atoms. The fourth-order valence-electron chi connectivity index (χ4n) is 2.38. The largest absolute Gasteiger partial charge is 0.478 e. The highest BCUT2D eigenvalue weighted by Crippen LogP contribution is 2.20. The molecule has 0 radical (unpaired) electrons. The number of carboxylic acids is 1. The first kappa shape index (κ1) is 19.2. The molecule has 0 spiro atoms. The van der Waals surface area contributed by atoms with Gasteiger partial charge in [-0.15, -0.1) is 0 Å². The molecule has 2 rings (SSSR count). The second kappa shape index (κ2) is 7.01. The molecular weight excluding hydrogens is 348 g/mol. The van der Waals surface area contributed by atoms with E-state index in [4.69, 9.17) is 9.84 Å². The lowest BCUT2D eigenvalue weighted by Crippen LogP contribution is -2.51. The van der Waals surface area contributed by atoms with Crippen molar-refractivity contribution >= 4 is 22.1 Å². The maximum absolute atomic E-state index is 12.7. The van der Waals surface area contributed by atoms with Crippen LogP contribution < -0.4 is 0 Å². The monoisotopic (exact) mass is 370 g/mol. The number of piperazine rings is 1. The van der Waals surface area contributed by atoms with Crippen molar-refractivity contribution in [2.75, 3.05) is 26.2 Å². The van der Waals surface area contributed by atoms with E-state index in [1.165, 1.54) is 27.4 Å². The van der Waals surface area contributed by atoms with E-state index in [-0.39, 0.29) is 36.6 Å². The Labute approximate surface area is 147 Å². The fraction of sp³-hybridized carbons (Fsp3) is 0.500. The second-order valence-corrected chi connectivity index (χ2v) is 8.64. The number of carbonyl (C=O) groups is 2. The average molecular weight is 370 g/mol. The SMILES string of the molecule is CC(C)(C)OC(=O)N1CCN(S(=O)(=O)c2cccc(C(=O)O)c2)CC1. The Morgan fingerprint density at radius 2 is 1.72 bits per heavy atom. The molecule has 1 aromatic rings. The highest BCUT2D eigenvalue weighted by Gasteiger charge is 2.32. The molecule has 8 nitrogen and oxygen atoms in total. The van der Waals surface area contributed by atoms with Crippen LogP contribution in [0.25, 0.3) is 0 Å². The van der Waals surface area contributed by atoms with Gasteiger partial charge in [-0.1, -0.05) is 6.07 Å². The highest BCUT2D eigenvalue weighted by molar-refractivity contribution is 7.89. The molecule has 9 heteroatoms. The third-order valence-electron chi connectivity index (χ3n) is 3.61. The van der Waals surface area contributed by atoms with Crippen LogP contribution in [0.15, 0.2) is 29.2 Å². The maximum atomic E-state index is 12.7. The van der Waals surface area contributed by atoms with E-state index >= 15 is 0 Å². The van der Waals surface area contributed by atoms with Crippen LogP contribution >= 0.6 is 0 Å². The number of nitrogens with zero attached hydrogens (tertiary/aromatic N) is 2. The minimum atomic E-state index is -3.81. The first-order valence-electron chi connectivity index (χ1n) is 7.82. The minimum absolute atomic E-state index is 0.0712. The molecule has 1 aliphatic heterocycles. The van der Waals surface area contributed by atoms with Crippen molar-refractivity contribution in [2.24, 2.45) is 0 Å². The lowest BCUT2D eigenvalue weighted by molar-refractivity contribution is 0.0192. The summed E-state index contributed by atoms with van der Waals surface area (Å²) in [6, 6.07) is 5.23. The van der Waals surface area contributed by atoms with E-state index < -0.39 is 27.7 Å². The van der Waals surface area contributed by atoms with Gasteiger partial charge in [0.1, 0.15) is 5.60 Å². The van der Waals surface area contributed by atoms with Gasteiger partial charge in [-0.05, 0) is 39.0 Å². The summed E-state index contributed by atoms with van der Waals surface area (Å²) in [5.74, 6) is -1.19. The van der Waals surface area contributed by atoms with Crippen molar-refractivity contribution in [3.05, 3.63) is 29.8 Å². The Bertz CT molecular complexity index is 761. The molecule has 0 saturated carbocycles. The predicted molar refractivity (Wildman–Crippen MR) is 90.0 cm³/mol. The number of carbonyl (C=O) groups excluding carboxylic acids is 1. The highest BCUT2D eigenvalue weighted by atomic mass is 32.2. The van der Waals surface area contributed by atoms with Crippen molar-refractivity contribution in [3.63, 3.8) is 0 Å². The fourth-order valence-corrected chi connectivity index (χ4v) is 3.84. The Kier molecular flexibility index (Phi) is 5.38. The third-order valence-corrected chi connectivity index (χ3v) is 5.50. The molecule has 1 N–H and O–H groups in total. The van der Waals surface area contributed by atoms with Crippen LogP contribution in [0.1, 0.15) is 31.1 Å². The molecular formula is C16H22N2O6S. The molecule has 1 amide bonds. The van der Waals surface area contributed by atoms with Crippen LogP contribution in [0, 0.1) is 0 Å². The number of aromatic carboxylic acids is 1. The van der Waals surface area contributed by atoms with Crippen LogP contribution in [0.3, 0.4) is 0 Å². The standard InChI is InChI=1S/C16H22N2O6S/c1-16(2,3)24-15(21)17-7-9-18(10-8-17)25(22,23)13-6-4-5-12(11-13)14(19)20/h4-6,11H,7-10H2,1-3H3,(H,19,20). The molecule has 1 saturated heterocycles. The summed E-state index contributed by atoms with van der Waals surface area (Å²) in [4.78, 5) is 24.4. The van der Waals surface area contributed by atoms with Gasteiger partial charge in [-0.25, -0.2) is 18.0 Å². The van der Waals surface area contributed by atoms with E-state index in [2.05, 4.69) is 0 Å². The lowest BCUT2D eigenvalue weighted by atomic mass is 10.2. The van der Waals surface area contributed by atoms with Gasteiger partial charge >= 0.3 is 12.1 Å². The van der Waals surface area contributed by atoms with Gasteiger partial charge in [0, 0.05) is 26.2 Å². The van der Waals surface area contributed by atoms with Crippen molar-refractivity contribution in [1.82, 2.24) is 9.21 Å². The summed E-state index contributed by atoms with van der Waals surface area (Å²) in [7, 11) is -3.81. The lowest BCUT2D eigenvalue weighted by Gasteiger charge is -2.35. The topological polar surface area (TPSA) is 104 Å². The van der Waals surface area contributed by atoms with Gasteiger partial charge in [0.05, 0.1) is 10.5 Å². The molecule has 0 unspecified atom stereocenters. The molecule has 138 valence electrons. The van der Waals surface area contributed by atoms with E-state index in [9.17, 15) is 18.0 Å². The van der Waals surface area contributed by atoms with E-state index in [0.717, 1.165) is 6.07 Å². The average Bonchev–Trinajstić information content (AvgIpc) is 2.53. The maximum Gasteiger partial charge on any atom is 0.410 e. The quantitative estimate of drug-likeness (QED) is 0.867. The summed E-state index contributed by atoms with van der Waals surface area (Å²) < 4.78 is 31.9. The third kappa shape index (κ3) is 4.70. The van der Waals surface area contributed by atoms with Crippen molar-refractivity contribution in [3.8, 4) is 0 Å². The summed E-state index contributed by atoms with van der Waals surface area (Å²) in [5, 5.41) is 9.01. The Hall–Kier alpha value is -2.13. The normalized spacial score (nSPS) is 16.5. The molecule has 0 atom stereocenters. The second-order valence-electron chi connectivity index (χ2n) is 6.70. The van der Waals surface area contributed by atoms with E-state index in [1.807, 2.05) is 0 Å². The molecule has 0 aliphatic carbocycles. The number of amides is 1. The number of carboxylic acid groups (broad SMARTS) is 1. The zero-order valence-electron chi connectivity index (χ0n) is 14.4. The zero-order valence-corrected chi connectivity index (χ0v) is 15.2. The predicted octanol–water partition coefficient (Wildman–Crippen LogP) is 1.63. The van der Waals surface area contributed by atoms with Crippen LogP contribution in [0.4, 0.5) is 4.79 Å². The Balaban J connectivity index is 2.08. The van der Waals surface area contributed by atoms with Gasteiger partial charge in [0.15, 0.2) is 0 Å². The molecule has 1 aromatic carbocycles. The number of hydrogen-bond acceptors (Lipinski definition) is 5. The van der Waals surface area contributed by atoms with E-state index in [0.29, 0.717) is 0 Å². The molecule has 25 heavy (non-hydrogen) atoms. The number of benzene rings is 1. The molecule has 1 fully saturated rings.